The van der Waals surface area contributed by atoms with Crippen LogP contribution in [0.2, 0.25) is 0 Å². The van der Waals surface area contributed by atoms with Gasteiger partial charge in [0.2, 0.25) is 0 Å². The minimum atomic E-state index is -1.48. The third-order valence-corrected chi connectivity index (χ3v) is 7.60. The average molecular weight is 417 g/mol. The van der Waals surface area contributed by atoms with Crippen molar-refractivity contribution in [2.24, 2.45) is 17.3 Å². The van der Waals surface area contributed by atoms with Gasteiger partial charge in [0, 0.05) is 5.41 Å². The number of hydrogen-bond acceptors (Lipinski definition) is 8. The molecule has 168 valence electrons. The minimum absolute atomic E-state index is 0.0392. The first-order chi connectivity index (χ1) is 13.4. The molecule has 8 nitrogen and oxygen atoms in total. The second-order valence-corrected chi connectivity index (χ2v) is 9.82. The fraction of sp³-hybridized carbons (Fsp3) is 0.905. The van der Waals surface area contributed by atoms with Gasteiger partial charge in [0.05, 0.1) is 24.4 Å². The van der Waals surface area contributed by atoms with E-state index in [1.165, 1.54) is 0 Å². The van der Waals surface area contributed by atoms with E-state index in [1.54, 1.807) is 0 Å². The van der Waals surface area contributed by atoms with Crippen molar-refractivity contribution in [2.75, 3.05) is 6.61 Å². The fourth-order valence-corrected chi connectivity index (χ4v) is 5.47. The van der Waals surface area contributed by atoms with Gasteiger partial charge in [-0.25, -0.2) is 0 Å². The van der Waals surface area contributed by atoms with Crippen LogP contribution in [-0.4, -0.2) is 85.8 Å². The van der Waals surface area contributed by atoms with E-state index < -0.39 is 60.5 Å². The van der Waals surface area contributed by atoms with Gasteiger partial charge in [-0.15, -0.1) is 0 Å². The van der Waals surface area contributed by atoms with Crippen molar-refractivity contribution >= 4 is 0 Å². The van der Waals surface area contributed by atoms with Crippen molar-refractivity contribution in [1.29, 1.82) is 0 Å². The van der Waals surface area contributed by atoms with Crippen LogP contribution >= 0.6 is 0 Å². The maximum atomic E-state index is 10.6. The molecule has 2 saturated carbocycles. The van der Waals surface area contributed by atoms with E-state index in [0.717, 1.165) is 12.0 Å². The Morgan fingerprint density at radius 2 is 1.79 bits per heavy atom. The fourth-order valence-electron chi connectivity index (χ4n) is 5.47. The normalized spacial score (nSPS) is 49.0. The number of aliphatic hydroxyl groups excluding tert-OH is 6. The Labute approximate surface area is 171 Å². The molecule has 0 aromatic heterocycles. The van der Waals surface area contributed by atoms with Gasteiger partial charge in [-0.2, -0.15) is 0 Å². The van der Waals surface area contributed by atoms with Crippen molar-refractivity contribution in [3.8, 4) is 0 Å². The van der Waals surface area contributed by atoms with E-state index >= 15 is 0 Å². The highest BCUT2D eigenvalue weighted by Crippen LogP contribution is 2.55. The third kappa shape index (κ3) is 4.02. The van der Waals surface area contributed by atoms with Crippen molar-refractivity contribution in [2.45, 2.75) is 95.0 Å². The number of rotatable bonds is 4. The van der Waals surface area contributed by atoms with Gasteiger partial charge < -0.3 is 40.1 Å². The molecule has 29 heavy (non-hydrogen) atoms. The zero-order valence-corrected chi connectivity index (χ0v) is 17.4. The monoisotopic (exact) mass is 416 g/mol. The summed E-state index contributed by atoms with van der Waals surface area (Å²) in [5.41, 5.74) is -0.251. The second-order valence-electron chi connectivity index (χ2n) is 9.82. The molecule has 10 atom stereocenters. The van der Waals surface area contributed by atoms with Crippen LogP contribution in [0.3, 0.4) is 0 Å². The van der Waals surface area contributed by atoms with Crippen LogP contribution in [0.15, 0.2) is 12.2 Å². The quantitative estimate of drug-likeness (QED) is 0.343. The topological polar surface area (TPSA) is 140 Å². The Hall–Kier alpha value is -0.580. The first-order valence-corrected chi connectivity index (χ1v) is 10.4. The van der Waals surface area contributed by atoms with Gasteiger partial charge >= 0.3 is 0 Å². The van der Waals surface area contributed by atoms with Gasteiger partial charge in [0.25, 0.3) is 0 Å². The molecule has 10 unspecified atom stereocenters. The molecular weight excluding hydrogens is 380 g/mol. The maximum absolute atomic E-state index is 10.6. The van der Waals surface area contributed by atoms with Crippen molar-refractivity contribution in [1.82, 2.24) is 0 Å². The van der Waals surface area contributed by atoms with E-state index in [4.69, 9.17) is 9.47 Å². The lowest BCUT2D eigenvalue weighted by molar-refractivity contribution is -0.330. The van der Waals surface area contributed by atoms with Crippen LogP contribution in [-0.2, 0) is 9.47 Å². The Bertz CT molecular complexity index is 607. The molecule has 0 aromatic carbocycles. The summed E-state index contributed by atoms with van der Waals surface area (Å²) < 4.78 is 11.6. The highest BCUT2D eigenvalue weighted by Gasteiger charge is 2.54. The molecule has 3 fully saturated rings. The predicted molar refractivity (Wildman–Crippen MR) is 104 cm³/mol. The van der Waals surface area contributed by atoms with Crippen LogP contribution in [0, 0.1) is 17.3 Å². The number of ether oxygens (including phenoxy) is 2. The SMILES string of the molecule is C=C1CC(O)C(O)C2(C)CCC(C(C)(C)OC3OC(CO)C(O)C(O)C3O)CC12. The zero-order valence-electron chi connectivity index (χ0n) is 17.4. The van der Waals surface area contributed by atoms with Crippen LogP contribution in [0.4, 0.5) is 0 Å². The van der Waals surface area contributed by atoms with E-state index in [2.05, 4.69) is 6.58 Å². The predicted octanol–water partition coefficient (Wildman–Crippen LogP) is -0.314. The summed E-state index contributed by atoms with van der Waals surface area (Å²) in [6, 6.07) is 0. The number of aliphatic hydroxyl groups is 6. The summed E-state index contributed by atoms with van der Waals surface area (Å²) in [5.74, 6) is 0.101. The first-order valence-electron chi connectivity index (χ1n) is 10.4. The highest BCUT2D eigenvalue weighted by molar-refractivity contribution is 5.18. The van der Waals surface area contributed by atoms with Gasteiger partial charge in [-0.1, -0.05) is 19.1 Å². The Morgan fingerprint density at radius 3 is 2.41 bits per heavy atom. The second kappa shape index (κ2) is 8.16. The van der Waals surface area contributed by atoms with Crippen molar-refractivity contribution < 1.29 is 40.1 Å². The zero-order chi connectivity index (χ0) is 21.7. The lowest BCUT2D eigenvalue weighted by Crippen LogP contribution is -2.61. The summed E-state index contributed by atoms with van der Waals surface area (Å²) in [6.45, 7) is 9.41. The lowest BCUT2D eigenvalue weighted by Gasteiger charge is -2.55. The highest BCUT2D eigenvalue weighted by atomic mass is 16.7. The van der Waals surface area contributed by atoms with Crippen LogP contribution < -0.4 is 0 Å². The molecular formula is C21H36O8. The van der Waals surface area contributed by atoms with E-state index in [0.29, 0.717) is 19.3 Å². The molecule has 0 spiro atoms. The van der Waals surface area contributed by atoms with E-state index in [9.17, 15) is 30.6 Å². The maximum Gasteiger partial charge on any atom is 0.187 e. The summed E-state index contributed by atoms with van der Waals surface area (Å²) in [7, 11) is 0. The number of hydrogen-bond donors (Lipinski definition) is 6. The van der Waals surface area contributed by atoms with Gasteiger partial charge in [0.1, 0.15) is 24.4 Å². The molecule has 1 aliphatic heterocycles. The van der Waals surface area contributed by atoms with Gasteiger partial charge in [0.15, 0.2) is 6.29 Å². The molecule has 8 heteroatoms. The van der Waals surface area contributed by atoms with Crippen molar-refractivity contribution in [3.63, 3.8) is 0 Å². The molecule has 1 heterocycles. The molecule has 3 aliphatic rings. The van der Waals surface area contributed by atoms with Crippen LogP contribution in [0.1, 0.15) is 46.5 Å². The molecule has 3 rings (SSSR count). The van der Waals surface area contributed by atoms with Crippen LogP contribution in [0.25, 0.3) is 0 Å². The minimum Gasteiger partial charge on any atom is -0.394 e. The molecule has 2 aliphatic carbocycles. The molecule has 0 amide bonds. The van der Waals surface area contributed by atoms with E-state index in [-0.39, 0.29) is 11.8 Å². The molecule has 1 saturated heterocycles. The molecule has 0 radical (unpaired) electrons. The largest absolute Gasteiger partial charge is 0.394 e. The Balaban J connectivity index is 1.73. The summed E-state index contributed by atoms with van der Waals surface area (Å²) in [4.78, 5) is 0. The molecule has 0 aromatic rings. The summed E-state index contributed by atoms with van der Waals surface area (Å²) in [5, 5.41) is 60.4. The molecule has 6 N–H and O–H groups in total. The van der Waals surface area contributed by atoms with Gasteiger partial charge in [-0.3, -0.25) is 0 Å². The smallest absolute Gasteiger partial charge is 0.187 e. The Morgan fingerprint density at radius 1 is 1.14 bits per heavy atom. The summed E-state index contributed by atoms with van der Waals surface area (Å²) in [6.07, 6.45) is -5.61. The average Bonchev–Trinajstić information content (AvgIpc) is 2.66. The van der Waals surface area contributed by atoms with Crippen LogP contribution in [0.5, 0.6) is 0 Å². The van der Waals surface area contributed by atoms with E-state index in [1.807, 2.05) is 20.8 Å². The molecule has 0 bridgehead atoms. The summed E-state index contributed by atoms with van der Waals surface area (Å²) >= 11 is 0. The number of fused-ring (bicyclic) bond motifs is 1. The van der Waals surface area contributed by atoms with Gasteiger partial charge in [-0.05, 0) is 51.4 Å². The first kappa shape index (κ1) is 23.1. The third-order valence-electron chi connectivity index (χ3n) is 7.60. The Kier molecular flexibility index (Phi) is 6.50. The lowest BCUT2D eigenvalue weighted by atomic mass is 9.53. The van der Waals surface area contributed by atoms with Crippen molar-refractivity contribution in [3.05, 3.63) is 12.2 Å². The standard InChI is InChI=1S/C21H36O8/c1-10-7-13(23)18(27)21(4)6-5-11(8-12(10)21)20(2,3)29-19-17(26)16(25)15(24)14(9-22)28-19/h11-19,22-27H,1,5-9H2,2-4H3.